The SMILES string of the molecule is COCCN(CCN(C)C)C(=O)C=Cc1ccc(-c2ccccc2)s1. The number of likely N-dealkylation sites (N-methyl/N-ethyl adjacent to an activating group) is 1. The largest absolute Gasteiger partial charge is 0.383 e. The summed E-state index contributed by atoms with van der Waals surface area (Å²) < 4.78 is 5.11. The van der Waals surface area contributed by atoms with Crippen LogP contribution >= 0.6 is 11.3 Å². The number of carbonyl (C=O) groups excluding carboxylic acids is 1. The van der Waals surface area contributed by atoms with Gasteiger partial charge in [0.05, 0.1) is 6.61 Å². The van der Waals surface area contributed by atoms with Gasteiger partial charge in [0.1, 0.15) is 0 Å². The van der Waals surface area contributed by atoms with E-state index < -0.39 is 0 Å². The van der Waals surface area contributed by atoms with Crippen molar-refractivity contribution in [2.24, 2.45) is 0 Å². The Hall–Kier alpha value is -1.95. The van der Waals surface area contributed by atoms with Gasteiger partial charge in [-0.05, 0) is 37.9 Å². The van der Waals surface area contributed by atoms with E-state index in [2.05, 4.69) is 29.2 Å². The molecule has 5 heteroatoms. The Labute approximate surface area is 154 Å². The van der Waals surface area contributed by atoms with Crippen LogP contribution in [0, 0.1) is 0 Å². The van der Waals surface area contributed by atoms with Gasteiger partial charge in [0.25, 0.3) is 0 Å². The predicted octanol–water partition coefficient (Wildman–Crippen LogP) is 3.46. The summed E-state index contributed by atoms with van der Waals surface area (Å²) in [6.07, 6.45) is 3.56. The van der Waals surface area contributed by atoms with Crippen molar-refractivity contribution in [2.75, 3.05) is 47.4 Å². The van der Waals surface area contributed by atoms with Crippen LogP contribution in [0.2, 0.25) is 0 Å². The normalized spacial score (nSPS) is 11.4. The van der Waals surface area contributed by atoms with Gasteiger partial charge in [-0.25, -0.2) is 0 Å². The van der Waals surface area contributed by atoms with Crippen molar-refractivity contribution in [1.82, 2.24) is 9.80 Å². The van der Waals surface area contributed by atoms with Crippen LogP contribution in [0.25, 0.3) is 16.5 Å². The second kappa shape index (κ2) is 10.1. The third-order valence-electron chi connectivity index (χ3n) is 3.77. The number of ether oxygens (including phenoxy) is 1. The van der Waals surface area contributed by atoms with Gasteiger partial charge in [-0.1, -0.05) is 30.3 Å². The molecular weight excluding hydrogens is 332 g/mol. The highest BCUT2D eigenvalue weighted by Gasteiger charge is 2.10. The summed E-state index contributed by atoms with van der Waals surface area (Å²) in [4.78, 5) is 18.7. The molecule has 2 aromatic rings. The van der Waals surface area contributed by atoms with Crippen molar-refractivity contribution in [3.05, 3.63) is 53.4 Å². The summed E-state index contributed by atoms with van der Waals surface area (Å²) in [5.41, 5.74) is 1.20. The molecule has 0 aliphatic carbocycles. The van der Waals surface area contributed by atoms with Gasteiger partial charge in [0, 0.05) is 42.6 Å². The molecule has 0 aliphatic heterocycles. The minimum absolute atomic E-state index is 0.0218. The molecule has 1 aromatic carbocycles. The van der Waals surface area contributed by atoms with Crippen LogP contribution in [-0.4, -0.2) is 63.2 Å². The first-order valence-corrected chi connectivity index (χ1v) is 9.17. The number of carbonyl (C=O) groups is 1. The fourth-order valence-corrected chi connectivity index (χ4v) is 3.23. The van der Waals surface area contributed by atoms with E-state index in [1.807, 2.05) is 43.3 Å². The van der Waals surface area contributed by atoms with E-state index in [1.54, 1.807) is 24.5 Å². The number of amides is 1. The van der Waals surface area contributed by atoms with E-state index in [4.69, 9.17) is 4.74 Å². The maximum absolute atomic E-state index is 12.5. The molecule has 0 radical (unpaired) electrons. The molecule has 0 N–H and O–H groups in total. The second-order valence-corrected chi connectivity index (χ2v) is 7.14. The van der Waals surface area contributed by atoms with Crippen molar-refractivity contribution in [1.29, 1.82) is 0 Å². The minimum atomic E-state index is 0.0218. The highest BCUT2D eigenvalue weighted by atomic mass is 32.1. The third-order valence-corrected chi connectivity index (χ3v) is 4.87. The van der Waals surface area contributed by atoms with Crippen LogP contribution in [0.15, 0.2) is 48.5 Å². The Morgan fingerprint density at radius 1 is 1.08 bits per heavy atom. The third kappa shape index (κ3) is 6.46. The average Bonchev–Trinajstić information content (AvgIpc) is 3.09. The van der Waals surface area contributed by atoms with E-state index >= 15 is 0 Å². The lowest BCUT2D eigenvalue weighted by Gasteiger charge is -2.22. The van der Waals surface area contributed by atoms with Gasteiger partial charge in [-0.2, -0.15) is 0 Å². The zero-order chi connectivity index (χ0) is 18.1. The van der Waals surface area contributed by atoms with Crippen LogP contribution < -0.4 is 0 Å². The molecule has 0 saturated heterocycles. The summed E-state index contributed by atoms with van der Waals surface area (Å²) in [5, 5.41) is 0. The monoisotopic (exact) mass is 358 g/mol. The first-order valence-electron chi connectivity index (χ1n) is 8.36. The molecule has 0 unspecified atom stereocenters. The predicted molar refractivity (Wildman–Crippen MR) is 106 cm³/mol. The molecule has 25 heavy (non-hydrogen) atoms. The van der Waals surface area contributed by atoms with E-state index in [0.29, 0.717) is 19.7 Å². The number of hydrogen-bond acceptors (Lipinski definition) is 4. The lowest BCUT2D eigenvalue weighted by Crippen LogP contribution is -2.37. The van der Waals surface area contributed by atoms with Gasteiger partial charge in [-0.3, -0.25) is 4.79 Å². The molecule has 0 spiro atoms. The van der Waals surface area contributed by atoms with Crippen LogP contribution in [0.5, 0.6) is 0 Å². The lowest BCUT2D eigenvalue weighted by atomic mass is 10.2. The Kier molecular flexibility index (Phi) is 7.85. The number of hydrogen-bond donors (Lipinski definition) is 0. The molecule has 0 bridgehead atoms. The van der Waals surface area contributed by atoms with Crippen molar-refractivity contribution < 1.29 is 9.53 Å². The Balaban J connectivity index is 2.00. The standard InChI is InChI=1S/C20H26N2O2S/c1-21(2)13-14-22(15-16-24-3)20(23)12-10-18-9-11-19(25-18)17-7-5-4-6-8-17/h4-12H,13-16H2,1-3H3. The molecule has 1 heterocycles. The number of benzene rings is 1. The zero-order valence-corrected chi connectivity index (χ0v) is 16.0. The molecule has 0 saturated carbocycles. The number of rotatable bonds is 9. The summed E-state index contributed by atoms with van der Waals surface area (Å²) in [6, 6.07) is 14.4. The van der Waals surface area contributed by atoms with E-state index in [1.165, 1.54) is 10.4 Å². The summed E-state index contributed by atoms with van der Waals surface area (Å²) in [5.74, 6) is 0.0218. The highest BCUT2D eigenvalue weighted by Crippen LogP contribution is 2.28. The molecule has 4 nitrogen and oxygen atoms in total. The molecule has 0 fully saturated rings. The van der Waals surface area contributed by atoms with E-state index in [9.17, 15) is 4.79 Å². The Bertz CT molecular complexity index is 680. The highest BCUT2D eigenvalue weighted by molar-refractivity contribution is 7.16. The van der Waals surface area contributed by atoms with Crippen LogP contribution in [0.4, 0.5) is 0 Å². The first-order chi connectivity index (χ1) is 12.1. The topological polar surface area (TPSA) is 32.8 Å². The van der Waals surface area contributed by atoms with Crippen molar-refractivity contribution >= 4 is 23.3 Å². The summed E-state index contributed by atoms with van der Waals surface area (Å²) >= 11 is 1.69. The van der Waals surface area contributed by atoms with Crippen LogP contribution in [0.1, 0.15) is 4.88 Å². The second-order valence-electron chi connectivity index (χ2n) is 6.02. The van der Waals surface area contributed by atoms with Gasteiger partial charge >= 0.3 is 0 Å². The van der Waals surface area contributed by atoms with Crippen LogP contribution in [-0.2, 0) is 9.53 Å². The molecule has 0 aliphatic rings. The molecule has 1 aromatic heterocycles. The van der Waals surface area contributed by atoms with E-state index in [-0.39, 0.29) is 5.91 Å². The van der Waals surface area contributed by atoms with Crippen molar-refractivity contribution in [3.63, 3.8) is 0 Å². The summed E-state index contributed by atoms with van der Waals surface area (Å²) in [6.45, 7) is 2.68. The van der Waals surface area contributed by atoms with E-state index in [0.717, 1.165) is 11.4 Å². The maximum atomic E-state index is 12.5. The van der Waals surface area contributed by atoms with Gasteiger partial charge in [0.2, 0.25) is 5.91 Å². The molecule has 1 amide bonds. The molecule has 2 rings (SSSR count). The smallest absolute Gasteiger partial charge is 0.246 e. The van der Waals surface area contributed by atoms with Crippen molar-refractivity contribution in [2.45, 2.75) is 0 Å². The van der Waals surface area contributed by atoms with Crippen LogP contribution in [0.3, 0.4) is 0 Å². The van der Waals surface area contributed by atoms with Gasteiger partial charge in [0.15, 0.2) is 0 Å². The maximum Gasteiger partial charge on any atom is 0.246 e. The lowest BCUT2D eigenvalue weighted by molar-refractivity contribution is -0.126. The van der Waals surface area contributed by atoms with Gasteiger partial charge < -0.3 is 14.5 Å². The fourth-order valence-electron chi connectivity index (χ4n) is 2.31. The average molecular weight is 359 g/mol. The Morgan fingerprint density at radius 2 is 1.84 bits per heavy atom. The number of methoxy groups -OCH3 is 1. The van der Waals surface area contributed by atoms with Gasteiger partial charge in [-0.15, -0.1) is 11.3 Å². The minimum Gasteiger partial charge on any atom is -0.383 e. The first kappa shape index (κ1) is 19.4. The quantitative estimate of drug-likeness (QED) is 0.644. The number of thiophene rings is 1. The molecule has 134 valence electrons. The summed E-state index contributed by atoms with van der Waals surface area (Å²) in [7, 11) is 5.67. The Morgan fingerprint density at radius 3 is 2.52 bits per heavy atom. The van der Waals surface area contributed by atoms with Crippen molar-refractivity contribution in [3.8, 4) is 10.4 Å². The zero-order valence-electron chi connectivity index (χ0n) is 15.1. The molecule has 0 atom stereocenters. The fraction of sp³-hybridized carbons (Fsp3) is 0.350. The number of nitrogens with zero attached hydrogens (tertiary/aromatic N) is 2. The molecular formula is C20H26N2O2S.